The summed E-state index contributed by atoms with van der Waals surface area (Å²) in [6.07, 6.45) is 20.3. The van der Waals surface area contributed by atoms with E-state index in [1.54, 1.807) is 6.92 Å². The van der Waals surface area contributed by atoms with Gasteiger partial charge in [0.2, 0.25) is 0 Å². The molecule has 7 aliphatic rings. The summed E-state index contributed by atoms with van der Waals surface area (Å²) in [6, 6.07) is 0. The van der Waals surface area contributed by atoms with Crippen molar-refractivity contribution in [3.8, 4) is 0 Å². The van der Waals surface area contributed by atoms with Gasteiger partial charge in [0, 0.05) is 32.6 Å². The molecule has 0 aromatic carbocycles. The number of allylic oxidation sites excluding steroid dienone is 3. The molecule has 0 amide bonds. The highest BCUT2D eigenvalue weighted by atomic mass is 16.6. The van der Waals surface area contributed by atoms with Gasteiger partial charge >= 0.3 is 17.9 Å². The number of carbonyl (C=O) groups is 5. The molecule has 300 valence electrons. The van der Waals surface area contributed by atoms with Crippen molar-refractivity contribution in [3.63, 3.8) is 0 Å². The molecule has 8 nitrogen and oxygen atoms in total. The van der Waals surface area contributed by atoms with E-state index in [-0.39, 0.29) is 34.9 Å². The Labute approximate surface area is 325 Å². The third kappa shape index (κ3) is 10.5. The molecule has 54 heavy (non-hydrogen) atoms. The monoisotopic (exact) mass is 748 g/mol. The summed E-state index contributed by atoms with van der Waals surface area (Å²) in [5, 5.41) is 0. The highest BCUT2D eigenvalue weighted by Gasteiger charge is 2.57. The number of esters is 3. The molecule has 7 aliphatic carbocycles. The van der Waals surface area contributed by atoms with Gasteiger partial charge in [-0.25, -0.2) is 0 Å². The minimum absolute atomic E-state index is 0.0133. The minimum Gasteiger partial charge on any atom is -0.454 e. The molecule has 0 radical (unpaired) electrons. The Morgan fingerprint density at radius 3 is 1.35 bits per heavy atom. The Morgan fingerprint density at radius 1 is 0.648 bits per heavy atom. The van der Waals surface area contributed by atoms with Gasteiger partial charge in [-0.2, -0.15) is 0 Å². The summed E-state index contributed by atoms with van der Waals surface area (Å²) in [4.78, 5) is 59.6. The van der Waals surface area contributed by atoms with Crippen LogP contribution in [0.4, 0.5) is 0 Å². The van der Waals surface area contributed by atoms with Crippen molar-refractivity contribution in [2.45, 2.75) is 182 Å². The molecular formula is C46H68O8. The first-order chi connectivity index (χ1) is 25.2. The average molecular weight is 749 g/mol. The summed E-state index contributed by atoms with van der Waals surface area (Å²) in [6.45, 7) is 20.7. The van der Waals surface area contributed by atoms with E-state index in [9.17, 15) is 24.0 Å². The van der Waals surface area contributed by atoms with Gasteiger partial charge in [0.25, 0.3) is 0 Å². The van der Waals surface area contributed by atoms with Gasteiger partial charge in [-0.15, -0.1) is 0 Å². The Morgan fingerprint density at radius 2 is 1.04 bits per heavy atom. The van der Waals surface area contributed by atoms with E-state index in [1.807, 2.05) is 33.8 Å². The second-order valence-corrected chi connectivity index (χ2v) is 18.4. The van der Waals surface area contributed by atoms with Crippen LogP contribution in [0.1, 0.15) is 165 Å². The summed E-state index contributed by atoms with van der Waals surface area (Å²) in [5.41, 5.74) is 2.39. The zero-order valence-electron chi connectivity index (χ0n) is 34.8. The van der Waals surface area contributed by atoms with Gasteiger partial charge in [0.05, 0.1) is 5.41 Å². The number of ether oxygens (including phenoxy) is 3. The third-order valence-electron chi connectivity index (χ3n) is 13.2. The predicted octanol–water partition coefficient (Wildman–Crippen LogP) is 10.2. The van der Waals surface area contributed by atoms with Crippen LogP contribution in [-0.2, 0) is 38.2 Å². The molecule has 0 N–H and O–H groups in total. The van der Waals surface area contributed by atoms with Crippen molar-refractivity contribution >= 4 is 29.5 Å². The van der Waals surface area contributed by atoms with Gasteiger partial charge in [-0.1, -0.05) is 55.4 Å². The molecule has 0 aromatic rings. The van der Waals surface area contributed by atoms with E-state index in [0.29, 0.717) is 38.0 Å². The quantitative estimate of drug-likeness (QED) is 0.130. The molecule has 0 aromatic heterocycles. The van der Waals surface area contributed by atoms with Crippen molar-refractivity contribution in [2.24, 2.45) is 29.1 Å². The van der Waals surface area contributed by atoms with Crippen molar-refractivity contribution in [3.05, 3.63) is 47.1 Å². The molecular weight excluding hydrogens is 680 g/mol. The molecule has 0 saturated heterocycles. The van der Waals surface area contributed by atoms with Crippen LogP contribution in [0.25, 0.3) is 0 Å². The molecule has 7 rings (SSSR count). The third-order valence-corrected chi connectivity index (χ3v) is 13.2. The number of carbonyl (C=O) groups excluding carboxylic acids is 5. The van der Waals surface area contributed by atoms with Gasteiger partial charge in [0.15, 0.2) is 22.8 Å². The van der Waals surface area contributed by atoms with Crippen molar-refractivity contribution in [1.82, 2.24) is 0 Å². The van der Waals surface area contributed by atoms with E-state index in [4.69, 9.17) is 14.2 Å². The van der Waals surface area contributed by atoms with Crippen LogP contribution < -0.4 is 0 Å². The van der Waals surface area contributed by atoms with Crippen molar-refractivity contribution in [1.29, 1.82) is 0 Å². The largest absolute Gasteiger partial charge is 0.454 e. The minimum atomic E-state index is -0.889. The van der Waals surface area contributed by atoms with E-state index in [1.165, 1.54) is 49.8 Å². The topological polar surface area (TPSA) is 113 Å². The molecule has 3 atom stereocenters. The first-order valence-electron chi connectivity index (χ1n) is 20.5. The summed E-state index contributed by atoms with van der Waals surface area (Å²) in [5.74, 6) is 1.91. The normalized spacial score (nSPS) is 33.7. The lowest BCUT2D eigenvalue weighted by molar-refractivity contribution is -0.190. The average Bonchev–Trinajstić information content (AvgIpc) is 3.07. The zero-order chi connectivity index (χ0) is 40.1. The van der Waals surface area contributed by atoms with Gasteiger partial charge in [0.1, 0.15) is 5.60 Å². The molecule has 4 fully saturated rings. The fourth-order valence-electron chi connectivity index (χ4n) is 9.88. The highest BCUT2D eigenvalue weighted by molar-refractivity contribution is 5.89. The van der Waals surface area contributed by atoms with Crippen molar-refractivity contribution in [2.75, 3.05) is 0 Å². The Kier molecular flexibility index (Phi) is 14.2. The number of rotatable bonds is 9. The van der Waals surface area contributed by atoms with Crippen LogP contribution in [0.3, 0.4) is 0 Å². The summed E-state index contributed by atoms with van der Waals surface area (Å²) >= 11 is 0. The maximum Gasteiger partial charge on any atom is 0.313 e. The SMILES string of the molecule is C=C(C)C1(OC(=O)CC(C)C)CC=C(C)CC1.CC(=O)C1(OC(=O)C23CC4CC(CC(C4)C2)C3)CC=C(C)CC1.CC(=O)OC1(C(C)=O)CC=C(C)CC1. The van der Waals surface area contributed by atoms with Crippen LogP contribution in [0.5, 0.6) is 0 Å². The lowest BCUT2D eigenvalue weighted by Gasteiger charge is -2.55. The maximum atomic E-state index is 13.2. The predicted molar refractivity (Wildman–Crippen MR) is 211 cm³/mol. The molecule has 3 unspecified atom stereocenters. The molecule has 4 bridgehead atoms. The standard InChI is InChI=1S/C20H28O3.C15H24O2.C11H16O3/c1-13-3-5-20(6-4-13,14(2)21)23-18(22)19-10-15-7-16(11-19)9-17(8-15)12-19;1-11(2)10-14(16)17-15(12(3)4)8-6-13(5)7-9-15;1-8-4-6-11(7-5-8,9(2)12)14-10(3)13/h3,15-17H,4-12H2,1-2H3;6,11H,3,7-10H2,1-2,4-5H3;4H,5-7H2,1-3H3. The number of hydrogen-bond acceptors (Lipinski definition) is 8. The number of hydrogen-bond donors (Lipinski definition) is 0. The smallest absolute Gasteiger partial charge is 0.313 e. The lowest BCUT2D eigenvalue weighted by atomic mass is 9.49. The molecule has 0 aliphatic heterocycles. The molecule has 4 saturated carbocycles. The van der Waals surface area contributed by atoms with E-state index >= 15 is 0 Å². The van der Waals surface area contributed by atoms with Crippen LogP contribution in [0.15, 0.2) is 47.1 Å². The first kappa shape index (κ1) is 43.4. The molecule has 0 heterocycles. The van der Waals surface area contributed by atoms with Crippen molar-refractivity contribution < 1.29 is 38.2 Å². The van der Waals surface area contributed by atoms with Crippen LogP contribution in [0, 0.1) is 29.1 Å². The van der Waals surface area contributed by atoms with Crippen LogP contribution >= 0.6 is 0 Å². The second kappa shape index (κ2) is 17.7. The fourth-order valence-corrected chi connectivity index (χ4v) is 9.88. The maximum absolute atomic E-state index is 13.2. The fraction of sp³-hybridized carbons (Fsp3) is 0.717. The van der Waals surface area contributed by atoms with Gasteiger partial charge in [-0.3, -0.25) is 24.0 Å². The van der Waals surface area contributed by atoms with E-state index in [2.05, 4.69) is 32.6 Å². The van der Waals surface area contributed by atoms with E-state index in [0.717, 1.165) is 74.7 Å². The Balaban J connectivity index is 0.000000188. The van der Waals surface area contributed by atoms with Gasteiger partial charge in [-0.05, 0) is 148 Å². The number of ketones is 2. The zero-order valence-corrected chi connectivity index (χ0v) is 34.8. The molecule has 8 heteroatoms. The first-order valence-corrected chi connectivity index (χ1v) is 20.5. The summed E-state index contributed by atoms with van der Waals surface area (Å²) < 4.78 is 16.9. The molecule has 0 spiro atoms. The van der Waals surface area contributed by atoms with E-state index < -0.39 is 16.8 Å². The second-order valence-electron chi connectivity index (χ2n) is 18.4. The highest BCUT2D eigenvalue weighted by Crippen LogP contribution is 2.61. The number of Topliss-reactive ketones (excluding diaryl/α,β-unsaturated/α-hetero) is 2. The van der Waals surface area contributed by atoms with Crippen LogP contribution in [-0.4, -0.2) is 46.3 Å². The summed E-state index contributed by atoms with van der Waals surface area (Å²) in [7, 11) is 0. The lowest BCUT2D eigenvalue weighted by Crippen LogP contribution is -2.54. The Bertz CT molecular complexity index is 1520. The Hall–Kier alpha value is -3.29. The van der Waals surface area contributed by atoms with Gasteiger partial charge < -0.3 is 14.2 Å². The van der Waals surface area contributed by atoms with Crippen LogP contribution in [0.2, 0.25) is 0 Å².